The van der Waals surface area contributed by atoms with Crippen molar-refractivity contribution in [3.05, 3.63) is 53.8 Å². The van der Waals surface area contributed by atoms with Gasteiger partial charge >= 0.3 is 0 Å². The first-order valence-corrected chi connectivity index (χ1v) is 6.82. The number of nitrogens with zero attached hydrogens (tertiary/aromatic N) is 2. The second-order valence-corrected chi connectivity index (χ2v) is 4.69. The van der Waals surface area contributed by atoms with Gasteiger partial charge in [0.2, 0.25) is 0 Å². The molecule has 0 atom stereocenters. The first kappa shape index (κ1) is 15.6. The minimum atomic E-state index is -0.511. The first-order chi connectivity index (χ1) is 10.7. The maximum absolute atomic E-state index is 13.6. The molecule has 0 spiro atoms. The molecule has 0 radical (unpaired) electrons. The number of rotatable bonds is 6. The minimum absolute atomic E-state index is 0.0504. The Balaban J connectivity index is 1.94. The number of nitriles is 1. The van der Waals surface area contributed by atoms with E-state index in [1.54, 1.807) is 31.2 Å². The predicted octanol–water partition coefficient (Wildman–Crippen LogP) is 3.22. The molecule has 0 aromatic heterocycles. The third-order valence-corrected chi connectivity index (χ3v) is 3.27. The molecule has 0 bridgehead atoms. The van der Waals surface area contributed by atoms with Crippen LogP contribution in [0.15, 0.2) is 42.5 Å². The van der Waals surface area contributed by atoms with E-state index in [1.165, 1.54) is 6.07 Å². The predicted molar refractivity (Wildman–Crippen MR) is 82.9 cm³/mol. The van der Waals surface area contributed by atoms with E-state index in [4.69, 9.17) is 14.7 Å². The molecular weight excluding hydrogens is 283 g/mol. The van der Waals surface area contributed by atoms with Crippen LogP contribution in [0.5, 0.6) is 11.5 Å². The topological polar surface area (TPSA) is 45.5 Å². The van der Waals surface area contributed by atoms with Gasteiger partial charge < -0.3 is 14.4 Å². The molecule has 0 N–H and O–H groups in total. The number of hydrogen-bond donors (Lipinski definition) is 0. The largest absolute Gasteiger partial charge is 0.497 e. The van der Waals surface area contributed by atoms with Crippen LogP contribution in [0, 0.1) is 17.1 Å². The molecule has 0 unspecified atom stereocenters. The van der Waals surface area contributed by atoms with Gasteiger partial charge in [0.25, 0.3) is 0 Å². The van der Waals surface area contributed by atoms with Crippen molar-refractivity contribution >= 4 is 5.69 Å². The summed E-state index contributed by atoms with van der Waals surface area (Å²) in [6.45, 7) is 0.953. The van der Waals surface area contributed by atoms with E-state index in [9.17, 15) is 4.39 Å². The van der Waals surface area contributed by atoms with Gasteiger partial charge in [-0.1, -0.05) is 6.07 Å². The first-order valence-electron chi connectivity index (χ1n) is 6.82. The van der Waals surface area contributed by atoms with E-state index < -0.39 is 5.82 Å². The molecule has 5 heteroatoms. The van der Waals surface area contributed by atoms with Crippen molar-refractivity contribution in [1.29, 1.82) is 5.26 Å². The summed E-state index contributed by atoms with van der Waals surface area (Å²) in [6, 6.07) is 13.8. The van der Waals surface area contributed by atoms with E-state index >= 15 is 0 Å². The Hall–Kier alpha value is -2.74. The summed E-state index contributed by atoms with van der Waals surface area (Å²) in [7, 11) is 3.41. The Bertz CT molecular complexity index is 665. The Morgan fingerprint density at radius 2 is 1.82 bits per heavy atom. The lowest BCUT2D eigenvalue weighted by Gasteiger charge is -2.20. The molecular formula is C17H17FN2O2. The molecule has 114 valence electrons. The summed E-state index contributed by atoms with van der Waals surface area (Å²) >= 11 is 0. The van der Waals surface area contributed by atoms with Crippen molar-refractivity contribution in [3.8, 4) is 17.6 Å². The van der Waals surface area contributed by atoms with Crippen LogP contribution in [0.25, 0.3) is 0 Å². The quantitative estimate of drug-likeness (QED) is 0.821. The lowest BCUT2D eigenvalue weighted by Crippen LogP contribution is -2.24. The van der Waals surface area contributed by atoms with Crippen LogP contribution < -0.4 is 14.4 Å². The Labute approximate surface area is 129 Å². The fraction of sp³-hybridized carbons (Fsp3) is 0.235. The van der Waals surface area contributed by atoms with Crippen molar-refractivity contribution in [2.24, 2.45) is 0 Å². The van der Waals surface area contributed by atoms with Crippen molar-refractivity contribution in [2.45, 2.75) is 0 Å². The monoisotopic (exact) mass is 300 g/mol. The Morgan fingerprint density at radius 3 is 2.45 bits per heavy atom. The number of benzene rings is 2. The summed E-state index contributed by atoms with van der Waals surface area (Å²) in [5.41, 5.74) is 0.607. The van der Waals surface area contributed by atoms with E-state index in [0.717, 1.165) is 11.5 Å². The molecule has 0 aliphatic heterocycles. The number of likely N-dealkylation sites (N-methyl/N-ethyl adjacent to an activating group) is 1. The minimum Gasteiger partial charge on any atom is -0.497 e. The van der Waals surface area contributed by atoms with Gasteiger partial charge in [-0.2, -0.15) is 5.26 Å². The Kier molecular flexibility index (Phi) is 5.21. The van der Waals surface area contributed by atoms with Crippen LogP contribution in [0.1, 0.15) is 5.56 Å². The highest BCUT2D eigenvalue weighted by molar-refractivity contribution is 5.59. The molecule has 0 saturated carbocycles. The second kappa shape index (κ2) is 7.32. The zero-order valence-electron chi connectivity index (χ0n) is 12.5. The number of anilines is 1. The molecule has 0 heterocycles. The molecule has 2 rings (SSSR count). The van der Waals surface area contributed by atoms with Crippen molar-refractivity contribution < 1.29 is 13.9 Å². The third kappa shape index (κ3) is 3.67. The highest BCUT2D eigenvalue weighted by atomic mass is 19.1. The van der Waals surface area contributed by atoms with Crippen LogP contribution in [0.3, 0.4) is 0 Å². The number of hydrogen-bond acceptors (Lipinski definition) is 4. The Morgan fingerprint density at radius 1 is 1.14 bits per heavy atom. The van der Waals surface area contributed by atoms with Gasteiger partial charge in [-0.15, -0.1) is 0 Å². The highest BCUT2D eigenvalue weighted by Gasteiger charge is 2.11. The molecule has 2 aromatic carbocycles. The second-order valence-electron chi connectivity index (χ2n) is 4.69. The molecule has 0 fully saturated rings. The average molecular weight is 300 g/mol. The smallest absolute Gasteiger partial charge is 0.143 e. The van der Waals surface area contributed by atoms with E-state index in [-0.39, 0.29) is 5.56 Å². The summed E-state index contributed by atoms with van der Waals surface area (Å²) in [6.07, 6.45) is 0. The van der Waals surface area contributed by atoms with Gasteiger partial charge in [0.1, 0.15) is 35.6 Å². The van der Waals surface area contributed by atoms with Crippen molar-refractivity contribution in [3.63, 3.8) is 0 Å². The average Bonchev–Trinajstić information content (AvgIpc) is 2.55. The lowest BCUT2D eigenvalue weighted by molar-refractivity contribution is 0.325. The van der Waals surface area contributed by atoms with E-state index in [1.807, 2.05) is 30.3 Å². The fourth-order valence-electron chi connectivity index (χ4n) is 2.03. The van der Waals surface area contributed by atoms with Crippen LogP contribution in [-0.2, 0) is 0 Å². The van der Waals surface area contributed by atoms with E-state index in [0.29, 0.717) is 18.8 Å². The van der Waals surface area contributed by atoms with Gasteiger partial charge in [0.05, 0.1) is 19.3 Å². The highest BCUT2D eigenvalue weighted by Crippen LogP contribution is 2.21. The zero-order chi connectivity index (χ0) is 15.9. The van der Waals surface area contributed by atoms with Crippen molar-refractivity contribution in [1.82, 2.24) is 0 Å². The standard InChI is InChI=1S/C17H17FN2O2/c1-20(17-5-3-4-16(18)15(17)12-19)10-11-22-14-8-6-13(21-2)7-9-14/h3-9H,10-11H2,1-2H3. The van der Waals surface area contributed by atoms with Gasteiger partial charge in [-0.05, 0) is 36.4 Å². The maximum Gasteiger partial charge on any atom is 0.143 e. The number of halogens is 1. The number of methoxy groups -OCH3 is 1. The fourth-order valence-corrected chi connectivity index (χ4v) is 2.03. The molecule has 0 aliphatic carbocycles. The molecule has 2 aromatic rings. The molecule has 4 nitrogen and oxygen atoms in total. The maximum atomic E-state index is 13.6. The zero-order valence-corrected chi connectivity index (χ0v) is 12.5. The van der Waals surface area contributed by atoms with Crippen LogP contribution in [-0.4, -0.2) is 27.3 Å². The molecule has 0 amide bonds. The van der Waals surface area contributed by atoms with Gasteiger partial charge in [0, 0.05) is 7.05 Å². The SMILES string of the molecule is COc1ccc(OCCN(C)c2cccc(F)c2C#N)cc1. The van der Waals surface area contributed by atoms with E-state index in [2.05, 4.69) is 0 Å². The molecule has 0 saturated heterocycles. The third-order valence-electron chi connectivity index (χ3n) is 3.27. The molecule has 0 aliphatic rings. The van der Waals surface area contributed by atoms with Crippen LogP contribution >= 0.6 is 0 Å². The van der Waals surface area contributed by atoms with Gasteiger partial charge in [0.15, 0.2) is 0 Å². The normalized spacial score (nSPS) is 9.91. The van der Waals surface area contributed by atoms with Crippen LogP contribution in [0.4, 0.5) is 10.1 Å². The van der Waals surface area contributed by atoms with Gasteiger partial charge in [-0.3, -0.25) is 0 Å². The lowest BCUT2D eigenvalue weighted by atomic mass is 10.1. The molecule has 22 heavy (non-hydrogen) atoms. The summed E-state index contributed by atoms with van der Waals surface area (Å²) < 4.78 is 24.3. The van der Waals surface area contributed by atoms with Gasteiger partial charge in [-0.25, -0.2) is 4.39 Å². The summed E-state index contributed by atoms with van der Waals surface area (Å²) in [4.78, 5) is 1.80. The van der Waals surface area contributed by atoms with Crippen molar-refractivity contribution in [2.75, 3.05) is 32.2 Å². The summed E-state index contributed by atoms with van der Waals surface area (Å²) in [5.74, 6) is 0.986. The van der Waals surface area contributed by atoms with Crippen LogP contribution in [0.2, 0.25) is 0 Å². The number of ether oxygens (including phenoxy) is 2. The summed E-state index contributed by atoms with van der Waals surface area (Å²) in [5, 5.41) is 9.04.